The SMILES string of the molecule is CC(/C=C(\NC(=O)c1ccccc1)C(=O)NN)=C\c1ccccc1. The van der Waals surface area contributed by atoms with Crippen molar-refractivity contribution in [3.63, 3.8) is 0 Å². The van der Waals surface area contributed by atoms with E-state index in [0.717, 1.165) is 11.1 Å². The van der Waals surface area contributed by atoms with Crippen LogP contribution in [0.5, 0.6) is 0 Å². The van der Waals surface area contributed by atoms with Crippen molar-refractivity contribution in [3.8, 4) is 0 Å². The molecule has 2 amide bonds. The van der Waals surface area contributed by atoms with Crippen molar-refractivity contribution in [3.05, 3.63) is 89.1 Å². The molecule has 2 rings (SSSR count). The van der Waals surface area contributed by atoms with Crippen LogP contribution in [0, 0.1) is 0 Å². The first-order valence-corrected chi connectivity index (χ1v) is 7.42. The second-order valence-corrected chi connectivity index (χ2v) is 5.15. The van der Waals surface area contributed by atoms with Crippen LogP contribution in [0.1, 0.15) is 22.8 Å². The number of nitrogens with one attached hydrogen (secondary N) is 2. The average Bonchev–Trinajstić information content (AvgIpc) is 2.62. The molecule has 0 unspecified atom stereocenters. The molecule has 0 aliphatic carbocycles. The Morgan fingerprint density at radius 2 is 1.54 bits per heavy atom. The lowest BCUT2D eigenvalue weighted by molar-refractivity contribution is -0.117. The summed E-state index contributed by atoms with van der Waals surface area (Å²) in [5.74, 6) is 4.26. The first-order chi connectivity index (χ1) is 11.6. The average molecular weight is 321 g/mol. The van der Waals surface area contributed by atoms with Crippen LogP contribution in [0.25, 0.3) is 6.08 Å². The zero-order valence-electron chi connectivity index (χ0n) is 13.3. The van der Waals surface area contributed by atoms with E-state index in [9.17, 15) is 9.59 Å². The van der Waals surface area contributed by atoms with Crippen molar-refractivity contribution in [2.45, 2.75) is 6.92 Å². The van der Waals surface area contributed by atoms with Crippen molar-refractivity contribution in [2.75, 3.05) is 0 Å². The van der Waals surface area contributed by atoms with E-state index in [2.05, 4.69) is 5.32 Å². The fourth-order valence-electron chi connectivity index (χ4n) is 2.10. The van der Waals surface area contributed by atoms with Crippen molar-refractivity contribution in [1.29, 1.82) is 0 Å². The van der Waals surface area contributed by atoms with Gasteiger partial charge in [-0.25, -0.2) is 5.84 Å². The Morgan fingerprint density at radius 1 is 0.958 bits per heavy atom. The standard InChI is InChI=1S/C19H19N3O2/c1-14(12-15-8-4-2-5-9-15)13-17(19(24)22-20)21-18(23)16-10-6-3-7-11-16/h2-13H,20H2,1H3,(H,21,23)(H,22,24)/b14-12+,17-13-. The quantitative estimate of drug-likeness (QED) is 0.260. The summed E-state index contributed by atoms with van der Waals surface area (Å²) < 4.78 is 0. The Labute approximate surface area is 140 Å². The monoisotopic (exact) mass is 321 g/mol. The number of rotatable bonds is 5. The van der Waals surface area contributed by atoms with Crippen LogP contribution in [0.15, 0.2) is 78.0 Å². The van der Waals surface area contributed by atoms with Gasteiger partial charge in [-0.1, -0.05) is 54.6 Å². The number of hydrazine groups is 1. The van der Waals surface area contributed by atoms with E-state index in [-0.39, 0.29) is 11.6 Å². The maximum Gasteiger partial charge on any atom is 0.281 e. The molecule has 0 bridgehead atoms. The van der Waals surface area contributed by atoms with E-state index in [1.54, 1.807) is 30.3 Å². The van der Waals surface area contributed by atoms with E-state index < -0.39 is 5.91 Å². The van der Waals surface area contributed by atoms with Gasteiger partial charge in [-0.2, -0.15) is 0 Å². The molecule has 0 aromatic heterocycles. The van der Waals surface area contributed by atoms with Crippen LogP contribution in [0.2, 0.25) is 0 Å². The van der Waals surface area contributed by atoms with E-state index in [0.29, 0.717) is 5.56 Å². The number of amides is 2. The highest BCUT2D eigenvalue weighted by Crippen LogP contribution is 2.09. The summed E-state index contributed by atoms with van der Waals surface area (Å²) in [6.07, 6.45) is 3.48. The molecule has 0 radical (unpaired) electrons. The first kappa shape index (κ1) is 17.2. The maximum absolute atomic E-state index is 12.2. The van der Waals surface area contributed by atoms with Crippen LogP contribution < -0.4 is 16.6 Å². The van der Waals surface area contributed by atoms with Crippen LogP contribution in [0.3, 0.4) is 0 Å². The summed E-state index contributed by atoms with van der Waals surface area (Å²) in [4.78, 5) is 24.1. The van der Waals surface area contributed by atoms with Gasteiger partial charge in [0.25, 0.3) is 11.8 Å². The number of carbonyl (C=O) groups excluding carboxylic acids is 2. The van der Waals surface area contributed by atoms with Crippen LogP contribution in [-0.2, 0) is 4.79 Å². The van der Waals surface area contributed by atoms with Gasteiger partial charge in [-0.05, 0) is 36.3 Å². The predicted molar refractivity (Wildman–Crippen MR) is 94.4 cm³/mol. The Kier molecular flexibility index (Phi) is 6.05. The molecule has 0 aliphatic heterocycles. The summed E-state index contributed by atoms with van der Waals surface area (Å²) in [5.41, 5.74) is 4.37. The van der Waals surface area contributed by atoms with Crippen molar-refractivity contribution in [2.24, 2.45) is 5.84 Å². The Bertz CT molecular complexity index is 766. The van der Waals surface area contributed by atoms with Crippen molar-refractivity contribution in [1.82, 2.24) is 10.7 Å². The van der Waals surface area contributed by atoms with Crippen LogP contribution in [0.4, 0.5) is 0 Å². The lowest BCUT2D eigenvalue weighted by Gasteiger charge is -2.09. The minimum absolute atomic E-state index is 0.0797. The third kappa shape index (κ3) is 4.93. The van der Waals surface area contributed by atoms with Gasteiger partial charge in [0.15, 0.2) is 0 Å². The van der Waals surface area contributed by atoms with Gasteiger partial charge in [-0.15, -0.1) is 0 Å². The van der Waals surface area contributed by atoms with Crippen molar-refractivity contribution < 1.29 is 9.59 Å². The van der Waals surface area contributed by atoms with E-state index >= 15 is 0 Å². The minimum atomic E-state index is -0.569. The fourth-order valence-corrected chi connectivity index (χ4v) is 2.10. The Balaban J connectivity index is 2.23. The molecule has 24 heavy (non-hydrogen) atoms. The summed E-state index contributed by atoms with van der Waals surface area (Å²) in [6.45, 7) is 1.84. The molecule has 4 N–H and O–H groups in total. The summed E-state index contributed by atoms with van der Waals surface area (Å²) >= 11 is 0. The summed E-state index contributed by atoms with van der Waals surface area (Å²) in [7, 11) is 0. The summed E-state index contributed by atoms with van der Waals surface area (Å²) in [6, 6.07) is 18.3. The molecule has 0 heterocycles. The number of hydrogen-bond acceptors (Lipinski definition) is 3. The zero-order valence-corrected chi connectivity index (χ0v) is 13.3. The van der Waals surface area contributed by atoms with Gasteiger partial charge < -0.3 is 5.32 Å². The third-order valence-corrected chi connectivity index (χ3v) is 3.23. The molecule has 122 valence electrons. The first-order valence-electron chi connectivity index (χ1n) is 7.42. The molecule has 0 fully saturated rings. The lowest BCUT2D eigenvalue weighted by Crippen LogP contribution is -2.38. The number of allylic oxidation sites excluding steroid dienone is 2. The number of carbonyl (C=O) groups is 2. The highest BCUT2D eigenvalue weighted by Gasteiger charge is 2.13. The molecule has 0 atom stereocenters. The lowest BCUT2D eigenvalue weighted by atomic mass is 10.1. The molecule has 2 aromatic carbocycles. The minimum Gasteiger partial charge on any atom is -0.317 e. The van der Waals surface area contributed by atoms with Gasteiger partial charge in [0, 0.05) is 5.56 Å². The highest BCUT2D eigenvalue weighted by atomic mass is 16.2. The molecule has 0 saturated carbocycles. The van der Waals surface area contributed by atoms with Gasteiger partial charge in [-0.3, -0.25) is 15.0 Å². The molecule has 5 nitrogen and oxygen atoms in total. The second kappa shape index (κ2) is 8.45. The predicted octanol–water partition coefficient (Wildman–Crippen LogP) is 2.39. The van der Waals surface area contributed by atoms with Gasteiger partial charge >= 0.3 is 0 Å². The topological polar surface area (TPSA) is 84.2 Å². The number of benzene rings is 2. The second-order valence-electron chi connectivity index (χ2n) is 5.15. The van der Waals surface area contributed by atoms with Crippen molar-refractivity contribution >= 4 is 17.9 Å². The highest BCUT2D eigenvalue weighted by molar-refractivity contribution is 6.02. The molecular weight excluding hydrogens is 302 g/mol. The van der Waals surface area contributed by atoms with Gasteiger partial charge in [0.05, 0.1) is 0 Å². The normalized spacial score (nSPS) is 11.8. The number of hydrogen-bond donors (Lipinski definition) is 3. The largest absolute Gasteiger partial charge is 0.317 e. The van der Waals surface area contributed by atoms with Crippen LogP contribution >= 0.6 is 0 Å². The fraction of sp³-hybridized carbons (Fsp3) is 0.0526. The van der Waals surface area contributed by atoms with Gasteiger partial charge in [0.1, 0.15) is 5.70 Å². The Morgan fingerprint density at radius 3 is 2.12 bits per heavy atom. The molecular formula is C19H19N3O2. The number of nitrogens with two attached hydrogens (primary N) is 1. The van der Waals surface area contributed by atoms with E-state index in [1.165, 1.54) is 0 Å². The maximum atomic E-state index is 12.2. The molecule has 0 aliphatic rings. The summed E-state index contributed by atoms with van der Waals surface area (Å²) in [5, 5.41) is 2.59. The third-order valence-electron chi connectivity index (χ3n) is 3.23. The van der Waals surface area contributed by atoms with E-state index in [1.807, 2.05) is 54.8 Å². The zero-order chi connectivity index (χ0) is 17.4. The smallest absolute Gasteiger partial charge is 0.281 e. The molecule has 0 spiro atoms. The van der Waals surface area contributed by atoms with Crippen LogP contribution in [-0.4, -0.2) is 11.8 Å². The molecule has 2 aromatic rings. The molecule has 5 heteroatoms. The Hall–Kier alpha value is -3.18. The van der Waals surface area contributed by atoms with E-state index in [4.69, 9.17) is 5.84 Å². The molecule has 0 saturated heterocycles. The van der Waals surface area contributed by atoms with Gasteiger partial charge in [0.2, 0.25) is 0 Å².